The van der Waals surface area contributed by atoms with Crippen LogP contribution in [0.3, 0.4) is 0 Å². The number of carbonyl (C=O) groups excluding carboxylic acids is 1. The summed E-state index contributed by atoms with van der Waals surface area (Å²) in [5.74, 6) is 0.379. The molecule has 2 unspecified atom stereocenters. The number of benzene rings is 1. The van der Waals surface area contributed by atoms with Crippen LogP contribution in [0.15, 0.2) is 24.3 Å². The molecule has 1 aliphatic carbocycles. The van der Waals surface area contributed by atoms with Crippen molar-refractivity contribution >= 4 is 5.91 Å². The van der Waals surface area contributed by atoms with Gasteiger partial charge in [-0.2, -0.15) is 0 Å². The Morgan fingerprint density at radius 1 is 1.26 bits per heavy atom. The third-order valence-corrected chi connectivity index (χ3v) is 3.89. The van der Waals surface area contributed by atoms with E-state index >= 15 is 0 Å². The largest absolute Gasteiger partial charge is 0.396 e. The Morgan fingerprint density at radius 3 is 2.63 bits per heavy atom. The predicted octanol–water partition coefficient (Wildman–Crippen LogP) is 1.89. The first-order valence-electron chi connectivity index (χ1n) is 6.81. The molecule has 0 aliphatic heterocycles. The van der Waals surface area contributed by atoms with Crippen LogP contribution in [0.4, 0.5) is 4.39 Å². The molecule has 1 amide bonds. The molecule has 0 bridgehead atoms. The third kappa shape index (κ3) is 4.03. The number of carbonyl (C=O) groups is 1. The van der Waals surface area contributed by atoms with Crippen molar-refractivity contribution < 1.29 is 14.3 Å². The summed E-state index contributed by atoms with van der Waals surface area (Å²) in [6.45, 7) is 0.837. The maximum atomic E-state index is 12.7. The van der Waals surface area contributed by atoms with E-state index in [0.29, 0.717) is 18.4 Å². The highest BCUT2D eigenvalue weighted by atomic mass is 19.1. The van der Waals surface area contributed by atoms with Gasteiger partial charge in [0.05, 0.1) is 6.42 Å². The van der Waals surface area contributed by atoms with Gasteiger partial charge in [0, 0.05) is 13.2 Å². The molecule has 4 heteroatoms. The van der Waals surface area contributed by atoms with Crippen LogP contribution in [0.5, 0.6) is 0 Å². The topological polar surface area (TPSA) is 49.3 Å². The summed E-state index contributed by atoms with van der Waals surface area (Å²) in [4.78, 5) is 11.8. The van der Waals surface area contributed by atoms with Crippen LogP contribution in [0.2, 0.25) is 0 Å². The van der Waals surface area contributed by atoms with Gasteiger partial charge in [0.25, 0.3) is 0 Å². The molecular formula is C15H20FNO2. The third-order valence-electron chi connectivity index (χ3n) is 3.89. The molecule has 3 nitrogen and oxygen atoms in total. The second kappa shape index (κ2) is 6.66. The number of amides is 1. The molecule has 0 spiro atoms. The monoisotopic (exact) mass is 265 g/mol. The SMILES string of the molecule is O=C(Cc1ccc(F)cc1)NCC1CCCC1CO. The first-order valence-corrected chi connectivity index (χ1v) is 6.81. The second-order valence-electron chi connectivity index (χ2n) is 5.24. The van der Waals surface area contributed by atoms with Crippen LogP contribution in [-0.4, -0.2) is 24.2 Å². The standard InChI is InChI=1S/C15H20FNO2/c16-14-6-4-11(5-7-14)8-15(19)17-9-12-2-1-3-13(12)10-18/h4-7,12-13,18H,1-3,8-10H2,(H,17,19). The molecule has 1 aromatic rings. The molecule has 0 aromatic heterocycles. The molecule has 2 rings (SSSR count). The van der Waals surface area contributed by atoms with Crippen molar-refractivity contribution in [2.75, 3.05) is 13.2 Å². The van der Waals surface area contributed by atoms with Gasteiger partial charge in [-0.25, -0.2) is 4.39 Å². The summed E-state index contributed by atoms with van der Waals surface area (Å²) < 4.78 is 12.7. The van der Waals surface area contributed by atoms with E-state index in [2.05, 4.69) is 5.32 Å². The van der Waals surface area contributed by atoms with Crippen molar-refractivity contribution in [1.82, 2.24) is 5.32 Å². The molecule has 0 heterocycles. The van der Waals surface area contributed by atoms with Gasteiger partial charge in [-0.05, 0) is 42.4 Å². The van der Waals surface area contributed by atoms with Crippen molar-refractivity contribution in [2.24, 2.45) is 11.8 Å². The molecule has 0 radical (unpaired) electrons. The molecular weight excluding hydrogens is 245 g/mol. The van der Waals surface area contributed by atoms with Crippen molar-refractivity contribution in [3.05, 3.63) is 35.6 Å². The molecule has 0 saturated heterocycles. The first-order chi connectivity index (χ1) is 9.19. The van der Waals surface area contributed by atoms with Crippen LogP contribution in [0, 0.1) is 17.7 Å². The van der Waals surface area contributed by atoms with Crippen molar-refractivity contribution in [3.8, 4) is 0 Å². The Kier molecular flexibility index (Phi) is 4.91. The number of hydrogen-bond donors (Lipinski definition) is 2. The fourth-order valence-corrected chi connectivity index (χ4v) is 2.72. The highest BCUT2D eigenvalue weighted by Gasteiger charge is 2.26. The van der Waals surface area contributed by atoms with Gasteiger partial charge in [0.15, 0.2) is 0 Å². The van der Waals surface area contributed by atoms with Gasteiger partial charge in [-0.15, -0.1) is 0 Å². The van der Waals surface area contributed by atoms with Gasteiger partial charge in [-0.1, -0.05) is 18.6 Å². The number of rotatable bonds is 5. The van der Waals surface area contributed by atoms with E-state index in [9.17, 15) is 14.3 Å². The van der Waals surface area contributed by atoms with Crippen LogP contribution < -0.4 is 5.32 Å². The molecule has 19 heavy (non-hydrogen) atoms. The first kappa shape index (κ1) is 14.0. The lowest BCUT2D eigenvalue weighted by molar-refractivity contribution is -0.120. The van der Waals surface area contributed by atoms with Crippen molar-refractivity contribution in [3.63, 3.8) is 0 Å². The van der Waals surface area contributed by atoms with E-state index in [-0.39, 0.29) is 24.8 Å². The maximum absolute atomic E-state index is 12.7. The van der Waals surface area contributed by atoms with E-state index in [1.807, 2.05) is 0 Å². The van der Waals surface area contributed by atoms with E-state index in [0.717, 1.165) is 24.8 Å². The maximum Gasteiger partial charge on any atom is 0.224 e. The van der Waals surface area contributed by atoms with Crippen LogP contribution >= 0.6 is 0 Å². The van der Waals surface area contributed by atoms with Gasteiger partial charge in [0.2, 0.25) is 5.91 Å². The Morgan fingerprint density at radius 2 is 1.95 bits per heavy atom. The van der Waals surface area contributed by atoms with E-state index in [1.54, 1.807) is 12.1 Å². The van der Waals surface area contributed by atoms with Crippen LogP contribution in [0.25, 0.3) is 0 Å². The van der Waals surface area contributed by atoms with Crippen molar-refractivity contribution in [2.45, 2.75) is 25.7 Å². The molecule has 2 atom stereocenters. The highest BCUT2D eigenvalue weighted by Crippen LogP contribution is 2.30. The molecule has 1 aliphatic rings. The van der Waals surface area contributed by atoms with E-state index in [1.165, 1.54) is 12.1 Å². The molecule has 1 saturated carbocycles. The van der Waals surface area contributed by atoms with Gasteiger partial charge >= 0.3 is 0 Å². The Labute approximate surface area is 112 Å². The lowest BCUT2D eigenvalue weighted by Gasteiger charge is -2.17. The highest BCUT2D eigenvalue weighted by molar-refractivity contribution is 5.78. The van der Waals surface area contributed by atoms with Gasteiger partial charge < -0.3 is 10.4 Å². The minimum atomic E-state index is -0.291. The molecule has 104 valence electrons. The van der Waals surface area contributed by atoms with Gasteiger partial charge in [-0.3, -0.25) is 4.79 Å². The van der Waals surface area contributed by atoms with E-state index in [4.69, 9.17) is 0 Å². The fourth-order valence-electron chi connectivity index (χ4n) is 2.72. The van der Waals surface area contributed by atoms with Crippen LogP contribution in [-0.2, 0) is 11.2 Å². The number of hydrogen-bond acceptors (Lipinski definition) is 2. The lowest BCUT2D eigenvalue weighted by Crippen LogP contribution is -2.32. The van der Waals surface area contributed by atoms with Gasteiger partial charge in [0.1, 0.15) is 5.82 Å². The number of halogens is 1. The quantitative estimate of drug-likeness (QED) is 0.854. The predicted molar refractivity (Wildman–Crippen MR) is 71.0 cm³/mol. The number of nitrogens with one attached hydrogen (secondary N) is 1. The average Bonchev–Trinajstić information content (AvgIpc) is 2.86. The fraction of sp³-hybridized carbons (Fsp3) is 0.533. The summed E-state index contributed by atoms with van der Waals surface area (Å²) in [6, 6.07) is 5.98. The zero-order valence-corrected chi connectivity index (χ0v) is 10.9. The zero-order chi connectivity index (χ0) is 13.7. The zero-order valence-electron chi connectivity index (χ0n) is 10.9. The molecule has 1 fully saturated rings. The average molecular weight is 265 g/mol. The molecule has 2 N–H and O–H groups in total. The Balaban J connectivity index is 1.77. The van der Waals surface area contributed by atoms with Crippen molar-refractivity contribution in [1.29, 1.82) is 0 Å². The number of aliphatic hydroxyl groups is 1. The summed E-state index contributed by atoms with van der Waals surface area (Å²) in [7, 11) is 0. The second-order valence-corrected chi connectivity index (χ2v) is 5.24. The summed E-state index contributed by atoms with van der Waals surface area (Å²) in [6.07, 6.45) is 3.53. The minimum absolute atomic E-state index is 0.0461. The Hall–Kier alpha value is -1.42. The lowest BCUT2D eigenvalue weighted by atomic mass is 9.97. The number of aliphatic hydroxyl groups excluding tert-OH is 1. The summed E-state index contributed by atoms with van der Waals surface area (Å²) >= 11 is 0. The van der Waals surface area contributed by atoms with Crippen LogP contribution in [0.1, 0.15) is 24.8 Å². The molecule has 1 aromatic carbocycles. The minimum Gasteiger partial charge on any atom is -0.396 e. The summed E-state index contributed by atoms with van der Waals surface area (Å²) in [5, 5.41) is 12.1. The smallest absolute Gasteiger partial charge is 0.224 e. The Bertz CT molecular complexity index is 419. The van der Waals surface area contributed by atoms with E-state index < -0.39 is 0 Å². The normalized spacial score (nSPS) is 22.4. The summed E-state index contributed by atoms with van der Waals surface area (Å²) in [5.41, 5.74) is 0.809.